The number of thioether (sulfide) groups is 1. The summed E-state index contributed by atoms with van der Waals surface area (Å²) in [6, 6.07) is 7.29. The van der Waals surface area contributed by atoms with Crippen molar-refractivity contribution in [3.8, 4) is 0 Å². The van der Waals surface area contributed by atoms with Crippen LogP contribution in [-0.2, 0) is 4.74 Å². The molecule has 0 aliphatic carbocycles. The normalized spacial score (nSPS) is 24.9. The summed E-state index contributed by atoms with van der Waals surface area (Å²) in [6.07, 6.45) is 4.92. The highest BCUT2D eigenvalue weighted by Crippen LogP contribution is 2.49. The minimum Gasteiger partial charge on any atom is -0.384 e. The average molecular weight is 457 g/mol. The molecule has 0 bridgehead atoms. The molecule has 2 aliphatic heterocycles. The molecule has 5 nitrogen and oxygen atoms in total. The van der Waals surface area contributed by atoms with E-state index in [9.17, 15) is 5.11 Å². The maximum Gasteiger partial charge on any atom is 0.187 e. The molecule has 138 valence electrons. The zero-order valence-corrected chi connectivity index (χ0v) is 17.2. The first-order valence-corrected chi connectivity index (χ1v) is 10.8. The predicted molar refractivity (Wildman–Crippen MR) is 107 cm³/mol. The Hall–Kier alpha value is -0.860. The fraction of sp³-hybridized carbons (Fsp3) is 0.444. The van der Waals surface area contributed by atoms with Crippen LogP contribution in [0.25, 0.3) is 4.91 Å². The molecule has 3 heterocycles. The van der Waals surface area contributed by atoms with Crippen molar-refractivity contribution in [2.24, 2.45) is 0 Å². The van der Waals surface area contributed by atoms with E-state index in [4.69, 9.17) is 16.3 Å². The summed E-state index contributed by atoms with van der Waals surface area (Å²) in [5.41, 5.74) is 1.75. The molecule has 1 fully saturated rings. The van der Waals surface area contributed by atoms with E-state index in [2.05, 4.69) is 26.0 Å². The van der Waals surface area contributed by atoms with E-state index < -0.39 is 6.10 Å². The molecule has 3 atom stereocenters. The van der Waals surface area contributed by atoms with Crippen LogP contribution in [0.3, 0.4) is 0 Å². The summed E-state index contributed by atoms with van der Waals surface area (Å²) in [4.78, 5) is 5.42. The average Bonchev–Trinajstić information content (AvgIpc) is 3.29. The van der Waals surface area contributed by atoms with Crippen LogP contribution in [0.1, 0.15) is 49.4 Å². The lowest BCUT2D eigenvalue weighted by atomic mass is 9.99. The third-order valence-electron chi connectivity index (χ3n) is 4.60. The van der Waals surface area contributed by atoms with Crippen LogP contribution in [0.15, 0.2) is 36.2 Å². The highest BCUT2D eigenvalue weighted by Gasteiger charge is 2.31. The van der Waals surface area contributed by atoms with Gasteiger partial charge in [-0.1, -0.05) is 39.7 Å². The second-order valence-corrected chi connectivity index (χ2v) is 9.77. The van der Waals surface area contributed by atoms with E-state index in [1.165, 1.54) is 0 Å². The highest BCUT2D eigenvalue weighted by molar-refractivity contribution is 9.11. The number of rotatable bonds is 4. The van der Waals surface area contributed by atoms with Gasteiger partial charge in [-0.3, -0.25) is 0 Å². The zero-order chi connectivity index (χ0) is 18.1. The quantitative estimate of drug-likeness (QED) is 0.661. The Bertz CT molecular complexity index is 805. The van der Waals surface area contributed by atoms with Crippen molar-refractivity contribution in [2.45, 2.75) is 42.2 Å². The molecule has 0 radical (unpaired) electrons. The number of hydrogen-bond acceptors (Lipinski definition) is 5. The molecule has 1 aromatic carbocycles. The van der Waals surface area contributed by atoms with Crippen molar-refractivity contribution in [2.75, 3.05) is 6.61 Å². The number of ether oxygens (including phenoxy) is 1. The fourth-order valence-electron chi connectivity index (χ4n) is 3.24. The Balaban J connectivity index is 1.63. The van der Waals surface area contributed by atoms with E-state index >= 15 is 0 Å². The molecule has 0 amide bonds. The van der Waals surface area contributed by atoms with Crippen LogP contribution in [0.2, 0.25) is 5.02 Å². The number of benzene rings is 1. The second kappa shape index (κ2) is 8.02. The number of aliphatic hydroxyl groups is 1. The number of alkyl halides is 1. The Morgan fingerprint density at radius 1 is 1.31 bits per heavy atom. The van der Waals surface area contributed by atoms with Gasteiger partial charge in [0.05, 0.1) is 9.06 Å². The van der Waals surface area contributed by atoms with Crippen LogP contribution in [-0.4, -0.2) is 30.6 Å². The van der Waals surface area contributed by atoms with E-state index in [-0.39, 0.29) is 10.4 Å². The molecule has 4 rings (SSSR count). The molecular formula is C18H19BrClN3O2S. The molecule has 2 aromatic rings. The summed E-state index contributed by atoms with van der Waals surface area (Å²) in [5.74, 6) is 0.647. The van der Waals surface area contributed by atoms with Crippen LogP contribution in [0.5, 0.6) is 0 Å². The summed E-state index contributed by atoms with van der Waals surface area (Å²) < 4.78 is 7.79. The minimum absolute atomic E-state index is 0.0404. The lowest BCUT2D eigenvalue weighted by molar-refractivity contribution is -0.0397. The van der Waals surface area contributed by atoms with E-state index in [1.54, 1.807) is 34.9 Å². The van der Waals surface area contributed by atoms with Gasteiger partial charge in [-0.25, -0.2) is 9.67 Å². The third-order valence-corrected chi connectivity index (χ3v) is 6.84. The number of aromatic nitrogens is 3. The van der Waals surface area contributed by atoms with Gasteiger partial charge in [0, 0.05) is 11.6 Å². The van der Waals surface area contributed by atoms with Gasteiger partial charge < -0.3 is 9.84 Å². The largest absolute Gasteiger partial charge is 0.384 e. The van der Waals surface area contributed by atoms with Crippen molar-refractivity contribution in [1.82, 2.24) is 14.8 Å². The van der Waals surface area contributed by atoms with Gasteiger partial charge in [0.15, 0.2) is 12.1 Å². The first-order valence-electron chi connectivity index (χ1n) is 8.62. The Morgan fingerprint density at radius 2 is 2.12 bits per heavy atom. The lowest BCUT2D eigenvalue weighted by Gasteiger charge is -2.22. The van der Waals surface area contributed by atoms with Gasteiger partial charge in [0.2, 0.25) is 0 Å². The van der Waals surface area contributed by atoms with Crippen LogP contribution in [0, 0.1) is 0 Å². The van der Waals surface area contributed by atoms with Crippen molar-refractivity contribution >= 4 is 44.2 Å². The maximum atomic E-state index is 10.9. The molecule has 3 unspecified atom stereocenters. The molecule has 0 spiro atoms. The predicted octanol–water partition coefficient (Wildman–Crippen LogP) is 4.93. The first-order chi connectivity index (χ1) is 12.6. The van der Waals surface area contributed by atoms with E-state index in [0.29, 0.717) is 10.8 Å². The molecule has 1 aromatic heterocycles. The molecule has 1 saturated heterocycles. The van der Waals surface area contributed by atoms with Gasteiger partial charge in [-0.15, -0.1) is 16.9 Å². The minimum atomic E-state index is -0.699. The molecule has 2 aliphatic rings. The van der Waals surface area contributed by atoms with Gasteiger partial charge >= 0.3 is 0 Å². The number of halogens is 2. The van der Waals surface area contributed by atoms with Gasteiger partial charge in [-0.2, -0.15) is 0 Å². The van der Waals surface area contributed by atoms with Gasteiger partial charge in [0.1, 0.15) is 12.4 Å². The van der Waals surface area contributed by atoms with Crippen LogP contribution in [0.4, 0.5) is 0 Å². The SMILES string of the molecule is OC(C1=C(c2ncn(C3CCCCO3)n2)SC(Br)C1)c1ccc(Cl)cc1. The smallest absolute Gasteiger partial charge is 0.187 e. The Morgan fingerprint density at radius 3 is 2.85 bits per heavy atom. The third kappa shape index (κ3) is 3.87. The Kier molecular flexibility index (Phi) is 5.71. The zero-order valence-electron chi connectivity index (χ0n) is 14.0. The second-order valence-electron chi connectivity index (χ2n) is 6.41. The standard InChI is InChI=1S/C18H19BrClN3O2S/c19-14-9-13(16(24)11-4-6-12(20)7-5-11)17(26-14)18-21-10-23(22-18)15-3-1-2-8-25-15/h4-7,10,14-16,24H,1-3,8-9H2. The first kappa shape index (κ1) is 18.5. The molecule has 26 heavy (non-hydrogen) atoms. The van der Waals surface area contributed by atoms with Crippen molar-refractivity contribution in [1.29, 1.82) is 0 Å². The maximum absolute atomic E-state index is 10.9. The fourth-order valence-corrected chi connectivity index (χ4v) is 5.34. The molecule has 8 heteroatoms. The number of aliphatic hydroxyl groups excluding tert-OH is 1. The van der Waals surface area contributed by atoms with E-state index in [1.807, 2.05) is 12.1 Å². The topological polar surface area (TPSA) is 60.2 Å². The number of hydrogen-bond donors (Lipinski definition) is 1. The van der Waals surface area contributed by atoms with Crippen molar-refractivity contribution in [3.63, 3.8) is 0 Å². The highest BCUT2D eigenvalue weighted by atomic mass is 79.9. The van der Waals surface area contributed by atoms with Crippen molar-refractivity contribution in [3.05, 3.63) is 52.6 Å². The summed E-state index contributed by atoms with van der Waals surface area (Å²) in [7, 11) is 0. The summed E-state index contributed by atoms with van der Waals surface area (Å²) >= 11 is 11.3. The van der Waals surface area contributed by atoms with Crippen LogP contribution >= 0.6 is 39.3 Å². The molecule has 0 saturated carbocycles. The summed E-state index contributed by atoms with van der Waals surface area (Å²) in [6.45, 7) is 0.765. The Labute approximate surface area is 169 Å². The monoisotopic (exact) mass is 455 g/mol. The molecule has 1 N–H and O–H groups in total. The summed E-state index contributed by atoms with van der Waals surface area (Å²) in [5, 5.41) is 16.2. The van der Waals surface area contributed by atoms with Gasteiger partial charge in [-0.05, 0) is 49.0 Å². The van der Waals surface area contributed by atoms with Crippen molar-refractivity contribution < 1.29 is 9.84 Å². The van der Waals surface area contributed by atoms with Gasteiger partial charge in [0.25, 0.3) is 0 Å². The van der Waals surface area contributed by atoms with E-state index in [0.717, 1.165) is 48.3 Å². The molecular weight excluding hydrogens is 438 g/mol. The number of nitrogens with zero attached hydrogens (tertiary/aromatic N) is 3. The lowest BCUT2D eigenvalue weighted by Crippen LogP contribution is -2.18. The van der Waals surface area contributed by atoms with Crippen LogP contribution < -0.4 is 0 Å².